The molecule has 1 aromatic rings. The Balaban J connectivity index is 1.55. The monoisotopic (exact) mass is 292 g/mol. The number of amides is 1. The third kappa shape index (κ3) is 3.46. The molecule has 1 amide bonds. The van der Waals surface area contributed by atoms with Crippen molar-refractivity contribution in [3.8, 4) is 11.5 Å². The molecule has 2 heterocycles. The Morgan fingerprint density at radius 2 is 2.24 bits per heavy atom. The lowest BCUT2D eigenvalue weighted by Gasteiger charge is -2.25. The molecule has 0 bridgehead atoms. The van der Waals surface area contributed by atoms with Gasteiger partial charge in [-0.15, -0.1) is 0 Å². The number of benzene rings is 1. The summed E-state index contributed by atoms with van der Waals surface area (Å²) in [6, 6.07) is 5.88. The fourth-order valence-corrected chi connectivity index (χ4v) is 2.52. The van der Waals surface area contributed by atoms with Crippen LogP contribution in [0.3, 0.4) is 0 Å². The largest absolute Gasteiger partial charge is 0.454 e. The van der Waals surface area contributed by atoms with Crippen molar-refractivity contribution in [3.63, 3.8) is 0 Å². The zero-order valence-corrected chi connectivity index (χ0v) is 12.1. The van der Waals surface area contributed by atoms with Crippen molar-refractivity contribution in [2.24, 2.45) is 0 Å². The molecule has 0 spiro atoms. The zero-order chi connectivity index (χ0) is 14.7. The van der Waals surface area contributed by atoms with Crippen LogP contribution in [0.25, 0.3) is 0 Å². The van der Waals surface area contributed by atoms with Gasteiger partial charge >= 0.3 is 0 Å². The van der Waals surface area contributed by atoms with Gasteiger partial charge in [0.15, 0.2) is 11.5 Å². The molecule has 1 aromatic carbocycles. The molecule has 6 heteroatoms. The van der Waals surface area contributed by atoms with Crippen molar-refractivity contribution in [3.05, 3.63) is 23.8 Å². The number of fused-ring (bicyclic) bond motifs is 1. The van der Waals surface area contributed by atoms with Crippen LogP contribution < -0.4 is 14.8 Å². The van der Waals surface area contributed by atoms with Crippen LogP contribution in [0.2, 0.25) is 0 Å². The van der Waals surface area contributed by atoms with Gasteiger partial charge in [-0.2, -0.15) is 0 Å². The van der Waals surface area contributed by atoms with Gasteiger partial charge in [-0.25, -0.2) is 0 Å². The summed E-state index contributed by atoms with van der Waals surface area (Å²) < 4.78 is 16.0. The maximum atomic E-state index is 12.2. The van der Waals surface area contributed by atoms with Crippen LogP contribution >= 0.6 is 0 Å². The SMILES string of the molecule is CN(Cc1ccc2c(c1)OCO2)C(=O)CC1COCCN1. The molecule has 2 aliphatic heterocycles. The van der Waals surface area contributed by atoms with E-state index in [9.17, 15) is 4.79 Å². The Bertz CT molecular complexity index is 514. The lowest BCUT2D eigenvalue weighted by molar-refractivity contribution is -0.131. The van der Waals surface area contributed by atoms with E-state index in [1.54, 1.807) is 4.90 Å². The maximum Gasteiger partial charge on any atom is 0.231 e. The smallest absolute Gasteiger partial charge is 0.231 e. The van der Waals surface area contributed by atoms with E-state index in [1.165, 1.54) is 0 Å². The molecule has 1 fully saturated rings. The normalized spacial score (nSPS) is 20.3. The minimum atomic E-state index is 0.107. The number of nitrogens with zero attached hydrogens (tertiary/aromatic N) is 1. The Morgan fingerprint density at radius 1 is 1.38 bits per heavy atom. The van der Waals surface area contributed by atoms with Crippen molar-refractivity contribution in [1.82, 2.24) is 10.2 Å². The third-order valence-corrected chi connectivity index (χ3v) is 3.70. The molecule has 6 nitrogen and oxygen atoms in total. The molecule has 0 radical (unpaired) electrons. The fraction of sp³-hybridized carbons (Fsp3) is 0.533. The minimum absolute atomic E-state index is 0.107. The quantitative estimate of drug-likeness (QED) is 0.887. The van der Waals surface area contributed by atoms with Gasteiger partial charge in [-0.3, -0.25) is 4.79 Å². The molecule has 1 saturated heterocycles. The maximum absolute atomic E-state index is 12.2. The highest BCUT2D eigenvalue weighted by Gasteiger charge is 2.20. The van der Waals surface area contributed by atoms with Crippen LogP contribution in [-0.4, -0.2) is 50.4 Å². The Hall–Kier alpha value is -1.79. The molecule has 0 saturated carbocycles. The number of hydrogen-bond donors (Lipinski definition) is 1. The topological polar surface area (TPSA) is 60.0 Å². The molecule has 1 unspecified atom stereocenters. The number of carbonyl (C=O) groups is 1. The molecule has 1 atom stereocenters. The van der Waals surface area contributed by atoms with Gasteiger partial charge in [0.25, 0.3) is 0 Å². The van der Waals surface area contributed by atoms with Gasteiger partial charge in [0.05, 0.1) is 13.2 Å². The van der Waals surface area contributed by atoms with Crippen molar-refractivity contribution >= 4 is 5.91 Å². The van der Waals surface area contributed by atoms with Crippen molar-refractivity contribution in [1.29, 1.82) is 0 Å². The molecule has 114 valence electrons. The lowest BCUT2D eigenvalue weighted by Crippen LogP contribution is -2.44. The summed E-state index contributed by atoms with van der Waals surface area (Å²) in [4.78, 5) is 14.0. The van der Waals surface area contributed by atoms with Crippen molar-refractivity contribution in [2.45, 2.75) is 19.0 Å². The standard InChI is InChI=1S/C15H20N2O4/c1-17(15(18)7-12-9-19-5-4-16-12)8-11-2-3-13-14(6-11)21-10-20-13/h2-3,6,12,16H,4-5,7-10H2,1H3. The van der Waals surface area contributed by atoms with Crippen LogP contribution in [0.5, 0.6) is 11.5 Å². The molecule has 0 aromatic heterocycles. The summed E-state index contributed by atoms with van der Waals surface area (Å²) in [5.41, 5.74) is 1.03. The van der Waals surface area contributed by atoms with Gasteiger partial charge in [-0.05, 0) is 17.7 Å². The lowest BCUT2D eigenvalue weighted by atomic mass is 10.1. The number of morpholine rings is 1. The molecule has 21 heavy (non-hydrogen) atoms. The summed E-state index contributed by atoms with van der Waals surface area (Å²) in [5.74, 6) is 1.61. The summed E-state index contributed by atoms with van der Waals surface area (Å²) in [7, 11) is 1.82. The van der Waals surface area contributed by atoms with Crippen molar-refractivity contribution in [2.75, 3.05) is 33.6 Å². The molecular weight excluding hydrogens is 272 g/mol. The molecule has 2 aliphatic rings. The Labute approximate surface area is 124 Å². The Morgan fingerprint density at radius 3 is 3.05 bits per heavy atom. The second-order valence-electron chi connectivity index (χ2n) is 5.37. The zero-order valence-electron chi connectivity index (χ0n) is 12.1. The second-order valence-corrected chi connectivity index (χ2v) is 5.37. The minimum Gasteiger partial charge on any atom is -0.454 e. The van der Waals surface area contributed by atoms with E-state index in [0.29, 0.717) is 19.6 Å². The molecule has 0 aliphatic carbocycles. The van der Waals surface area contributed by atoms with E-state index in [4.69, 9.17) is 14.2 Å². The summed E-state index contributed by atoms with van der Waals surface area (Å²) >= 11 is 0. The number of nitrogens with one attached hydrogen (secondary N) is 1. The van der Waals surface area contributed by atoms with Crippen LogP contribution in [0.1, 0.15) is 12.0 Å². The highest BCUT2D eigenvalue weighted by molar-refractivity contribution is 5.76. The number of carbonyl (C=O) groups excluding carboxylic acids is 1. The first-order chi connectivity index (χ1) is 10.2. The van der Waals surface area contributed by atoms with Crippen molar-refractivity contribution < 1.29 is 19.0 Å². The first kappa shape index (κ1) is 14.2. The first-order valence-electron chi connectivity index (χ1n) is 7.16. The Kier molecular flexibility index (Phi) is 4.26. The van der Waals surface area contributed by atoms with Gasteiger partial charge in [0, 0.05) is 32.6 Å². The summed E-state index contributed by atoms with van der Waals surface area (Å²) in [6.07, 6.45) is 0.459. The summed E-state index contributed by atoms with van der Waals surface area (Å²) in [6.45, 7) is 2.95. The fourth-order valence-electron chi connectivity index (χ4n) is 2.52. The van der Waals surface area contributed by atoms with Crippen LogP contribution in [-0.2, 0) is 16.1 Å². The van der Waals surface area contributed by atoms with Crippen LogP contribution in [0, 0.1) is 0 Å². The van der Waals surface area contributed by atoms with Gasteiger partial charge in [-0.1, -0.05) is 6.07 Å². The summed E-state index contributed by atoms with van der Waals surface area (Å²) in [5, 5.41) is 3.29. The van der Waals surface area contributed by atoms with E-state index < -0.39 is 0 Å². The van der Waals surface area contributed by atoms with Crippen LogP contribution in [0.15, 0.2) is 18.2 Å². The van der Waals surface area contributed by atoms with E-state index in [0.717, 1.165) is 30.2 Å². The molecule has 1 N–H and O–H groups in total. The third-order valence-electron chi connectivity index (χ3n) is 3.70. The molecule has 3 rings (SSSR count). The van der Waals surface area contributed by atoms with E-state index >= 15 is 0 Å². The average molecular weight is 292 g/mol. The van der Waals surface area contributed by atoms with E-state index in [-0.39, 0.29) is 18.7 Å². The average Bonchev–Trinajstić information content (AvgIpc) is 2.95. The predicted octanol–water partition coefficient (Wildman–Crippen LogP) is 0.752. The van der Waals surface area contributed by atoms with E-state index in [2.05, 4.69) is 5.32 Å². The molecular formula is C15H20N2O4. The number of hydrogen-bond acceptors (Lipinski definition) is 5. The second kappa shape index (κ2) is 6.32. The predicted molar refractivity (Wildman–Crippen MR) is 76.3 cm³/mol. The van der Waals surface area contributed by atoms with E-state index in [1.807, 2.05) is 25.2 Å². The highest BCUT2D eigenvalue weighted by atomic mass is 16.7. The van der Waals surface area contributed by atoms with Gasteiger partial charge in [0.2, 0.25) is 12.7 Å². The number of ether oxygens (including phenoxy) is 3. The number of rotatable bonds is 4. The first-order valence-corrected chi connectivity index (χ1v) is 7.16. The van der Waals surface area contributed by atoms with Gasteiger partial charge in [0.1, 0.15) is 0 Å². The van der Waals surface area contributed by atoms with Gasteiger partial charge < -0.3 is 24.4 Å². The van der Waals surface area contributed by atoms with Crippen LogP contribution in [0.4, 0.5) is 0 Å². The highest BCUT2D eigenvalue weighted by Crippen LogP contribution is 2.32.